The van der Waals surface area contributed by atoms with Crippen molar-refractivity contribution >= 4 is 29.1 Å². The first-order chi connectivity index (χ1) is 11.1. The number of hydrogen-bond donors (Lipinski definition) is 1. The molecular weight excluding hydrogens is 331 g/mol. The molecule has 1 heterocycles. The van der Waals surface area contributed by atoms with E-state index in [-0.39, 0.29) is 5.91 Å². The van der Waals surface area contributed by atoms with Gasteiger partial charge in [0.1, 0.15) is 0 Å². The minimum absolute atomic E-state index is 0.0755. The second-order valence-electron chi connectivity index (χ2n) is 6.48. The fraction of sp³-hybridized carbons (Fsp3) is 0.611. The minimum Gasteiger partial charge on any atom is -0.356 e. The van der Waals surface area contributed by atoms with E-state index in [1.807, 2.05) is 12.1 Å². The number of hydrogen-bond acceptors (Lipinski definition) is 2. The maximum atomic E-state index is 12.0. The van der Waals surface area contributed by atoms with Crippen LogP contribution in [0.1, 0.15) is 38.2 Å². The van der Waals surface area contributed by atoms with Gasteiger partial charge in [-0.3, -0.25) is 4.79 Å². The number of halogens is 2. The number of carbonyl (C=O) groups is 1. The maximum absolute atomic E-state index is 12.0. The largest absolute Gasteiger partial charge is 0.356 e. The van der Waals surface area contributed by atoms with E-state index in [0.717, 1.165) is 18.7 Å². The number of rotatable bonds is 7. The van der Waals surface area contributed by atoms with E-state index in [9.17, 15) is 4.79 Å². The van der Waals surface area contributed by atoms with Gasteiger partial charge in [0.25, 0.3) is 0 Å². The molecular formula is C18H26Cl2N2O. The van der Waals surface area contributed by atoms with Crippen LogP contribution in [0.25, 0.3) is 0 Å². The molecule has 23 heavy (non-hydrogen) atoms. The second-order valence-corrected chi connectivity index (χ2v) is 7.27. The zero-order valence-electron chi connectivity index (χ0n) is 13.8. The number of nitrogens with zero attached hydrogens (tertiary/aromatic N) is 1. The molecule has 1 aromatic carbocycles. The van der Waals surface area contributed by atoms with Crippen molar-refractivity contribution in [2.75, 3.05) is 26.2 Å². The van der Waals surface area contributed by atoms with E-state index in [0.29, 0.717) is 28.8 Å². The van der Waals surface area contributed by atoms with Gasteiger partial charge in [-0.25, -0.2) is 0 Å². The molecule has 1 saturated heterocycles. The molecule has 1 aliphatic heterocycles. The molecule has 0 aromatic heterocycles. The number of piperidine rings is 1. The molecule has 2 rings (SSSR count). The van der Waals surface area contributed by atoms with Crippen LogP contribution in [-0.2, 0) is 11.2 Å². The number of likely N-dealkylation sites (tertiary alicyclic amines) is 1. The zero-order chi connectivity index (χ0) is 16.7. The molecule has 1 amide bonds. The SMILES string of the molecule is CC(CNC(=O)CCc1cccc(Cl)c1Cl)CN1CCCCC1. The van der Waals surface area contributed by atoms with E-state index in [1.54, 1.807) is 6.07 Å². The van der Waals surface area contributed by atoms with Crippen molar-refractivity contribution in [3.05, 3.63) is 33.8 Å². The van der Waals surface area contributed by atoms with Gasteiger partial charge in [-0.15, -0.1) is 0 Å². The molecule has 5 heteroatoms. The standard InChI is InChI=1S/C18H26Cl2N2O/c1-14(13-22-10-3-2-4-11-22)12-21-17(23)9-8-15-6-5-7-16(19)18(15)20/h5-7,14H,2-4,8-13H2,1H3,(H,21,23). The molecule has 0 saturated carbocycles. The number of aryl methyl sites for hydroxylation is 1. The van der Waals surface area contributed by atoms with E-state index in [2.05, 4.69) is 17.1 Å². The number of benzene rings is 1. The molecule has 1 atom stereocenters. The average Bonchev–Trinajstić information content (AvgIpc) is 2.55. The predicted molar refractivity (Wildman–Crippen MR) is 97.2 cm³/mol. The Balaban J connectivity index is 1.67. The molecule has 0 bridgehead atoms. The van der Waals surface area contributed by atoms with Crippen LogP contribution in [0.4, 0.5) is 0 Å². The summed E-state index contributed by atoms with van der Waals surface area (Å²) >= 11 is 12.1. The van der Waals surface area contributed by atoms with Crippen LogP contribution in [0.3, 0.4) is 0 Å². The third kappa shape index (κ3) is 6.33. The lowest BCUT2D eigenvalue weighted by Crippen LogP contribution is -2.38. The summed E-state index contributed by atoms with van der Waals surface area (Å²) in [4.78, 5) is 14.5. The number of carbonyl (C=O) groups excluding carboxylic acids is 1. The van der Waals surface area contributed by atoms with E-state index >= 15 is 0 Å². The van der Waals surface area contributed by atoms with Crippen LogP contribution in [0.2, 0.25) is 10.0 Å². The third-order valence-corrected chi connectivity index (χ3v) is 5.18. The van der Waals surface area contributed by atoms with E-state index in [4.69, 9.17) is 23.2 Å². The summed E-state index contributed by atoms with van der Waals surface area (Å²) in [5, 5.41) is 4.13. The van der Waals surface area contributed by atoms with Crippen molar-refractivity contribution < 1.29 is 4.79 Å². The molecule has 1 unspecified atom stereocenters. The maximum Gasteiger partial charge on any atom is 0.220 e. The van der Waals surface area contributed by atoms with Gasteiger partial charge in [0.15, 0.2) is 0 Å². The van der Waals surface area contributed by atoms with Crippen LogP contribution < -0.4 is 5.32 Å². The molecule has 3 nitrogen and oxygen atoms in total. The monoisotopic (exact) mass is 356 g/mol. The smallest absolute Gasteiger partial charge is 0.220 e. The first-order valence-corrected chi connectivity index (χ1v) is 9.24. The number of nitrogens with one attached hydrogen (secondary N) is 1. The van der Waals surface area contributed by atoms with Gasteiger partial charge >= 0.3 is 0 Å². The van der Waals surface area contributed by atoms with Crippen molar-refractivity contribution in [2.24, 2.45) is 5.92 Å². The molecule has 0 aliphatic carbocycles. The van der Waals surface area contributed by atoms with Gasteiger partial charge in [-0.1, -0.05) is 48.7 Å². The van der Waals surface area contributed by atoms with Crippen molar-refractivity contribution in [1.29, 1.82) is 0 Å². The van der Waals surface area contributed by atoms with Crippen LogP contribution in [0.5, 0.6) is 0 Å². The van der Waals surface area contributed by atoms with Gasteiger partial charge in [0.2, 0.25) is 5.91 Å². The topological polar surface area (TPSA) is 32.3 Å². The van der Waals surface area contributed by atoms with E-state index in [1.165, 1.54) is 32.4 Å². The van der Waals surface area contributed by atoms with Crippen LogP contribution in [0.15, 0.2) is 18.2 Å². The van der Waals surface area contributed by atoms with Gasteiger partial charge in [0, 0.05) is 19.5 Å². The molecule has 1 fully saturated rings. The molecule has 1 aromatic rings. The lowest BCUT2D eigenvalue weighted by Gasteiger charge is -2.29. The van der Waals surface area contributed by atoms with Crippen LogP contribution >= 0.6 is 23.2 Å². The Kier molecular flexibility index (Phi) is 7.68. The molecule has 1 N–H and O–H groups in total. The van der Waals surface area contributed by atoms with Gasteiger partial charge in [0.05, 0.1) is 10.0 Å². The average molecular weight is 357 g/mol. The van der Waals surface area contributed by atoms with Crippen LogP contribution in [-0.4, -0.2) is 37.0 Å². The Morgan fingerprint density at radius 1 is 1.26 bits per heavy atom. The molecule has 128 valence electrons. The molecule has 1 aliphatic rings. The molecule has 0 spiro atoms. The quantitative estimate of drug-likeness (QED) is 0.795. The Bertz CT molecular complexity index is 516. The van der Waals surface area contributed by atoms with Crippen molar-refractivity contribution in [2.45, 2.75) is 39.0 Å². The fourth-order valence-corrected chi connectivity index (χ4v) is 3.43. The summed E-state index contributed by atoms with van der Waals surface area (Å²) in [6.07, 6.45) is 5.02. The Hall–Kier alpha value is -0.770. The summed E-state index contributed by atoms with van der Waals surface area (Å²) in [6, 6.07) is 5.54. The number of amides is 1. The van der Waals surface area contributed by atoms with Gasteiger partial charge < -0.3 is 10.2 Å². The fourth-order valence-electron chi connectivity index (χ4n) is 3.01. The summed E-state index contributed by atoms with van der Waals surface area (Å²) < 4.78 is 0. The van der Waals surface area contributed by atoms with Crippen molar-refractivity contribution in [3.8, 4) is 0 Å². The lowest BCUT2D eigenvalue weighted by atomic mass is 10.1. The van der Waals surface area contributed by atoms with Gasteiger partial charge in [-0.05, 0) is 49.9 Å². The van der Waals surface area contributed by atoms with Gasteiger partial charge in [-0.2, -0.15) is 0 Å². The third-order valence-electron chi connectivity index (χ3n) is 4.32. The Morgan fingerprint density at radius 2 is 2.00 bits per heavy atom. The summed E-state index contributed by atoms with van der Waals surface area (Å²) in [7, 11) is 0. The highest BCUT2D eigenvalue weighted by atomic mass is 35.5. The lowest BCUT2D eigenvalue weighted by molar-refractivity contribution is -0.121. The minimum atomic E-state index is 0.0755. The second kappa shape index (κ2) is 9.51. The Labute approximate surface area is 149 Å². The zero-order valence-corrected chi connectivity index (χ0v) is 15.3. The first-order valence-electron chi connectivity index (χ1n) is 8.48. The first kappa shape index (κ1) is 18.6. The highest BCUT2D eigenvalue weighted by Crippen LogP contribution is 2.26. The highest BCUT2D eigenvalue weighted by molar-refractivity contribution is 6.42. The Morgan fingerprint density at radius 3 is 2.74 bits per heavy atom. The normalized spacial score (nSPS) is 17.0. The van der Waals surface area contributed by atoms with Crippen LogP contribution in [0, 0.1) is 5.92 Å². The van der Waals surface area contributed by atoms with Crippen molar-refractivity contribution in [1.82, 2.24) is 10.2 Å². The molecule has 0 radical (unpaired) electrons. The highest BCUT2D eigenvalue weighted by Gasteiger charge is 2.14. The predicted octanol–water partition coefficient (Wildman–Crippen LogP) is 4.16. The summed E-state index contributed by atoms with van der Waals surface area (Å²) in [5.41, 5.74) is 0.927. The van der Waals surface area contributed by atoms with Crippen molar-refractivity contribution in [3.63, 3.8) is 0 Å². The summed E-state index contributed by atoms with van der Waals surface area (Å²) in [6.45, 7) is 6.40. The summed E-state index contributed by atoms with van der Waals surface area (Å²) in [5.74, 6) is 0.554. The van der Waals surface area contributed by atoms with E-state index < -0.39 is 0 Å².